The van der Waals surface area contributed by atoms with Gasteiger partial charge in [0.25, 0.3) is 5.91 Å². The Labute approximate surface area is 110 Å². The van der Waals surface area contributed by atoms with E-state index in [1.165, 1.54) is 0 Å². The quantitative estimate of drug-likeness (QED) is 0.686. The molecule has 1 unspecified atom stereocenters. The van der Waals surface area contributed by atoms with Gasteiger partial charge >= 0.3 is 5.97 Å². The zero-order valence-corrected chi connectivity index (χ0v) is 10.8. The van der Waals surface area contributed by atoms with E-state index in [2.05, 4.69) is 10.5 Å². The summed E-state index contributed by atoms with van der Waals surface area (Å²) in [7, 11) is 1.66. The van der Waals surface area contributed by atoms with Crippen molar-refractivity contribution in [3.8, 4) is 0 Å². The van der Waals surface area contributed by atoms with Crippen molar-refractivity contribution in [3.05, 3.63) is 0 Å². The van der Waals surface area contributed by atoms with E-state index in [1.807, 2.05) is 0 Å². The third-order valence-electron chi connectivity index (χ3n) is 3.64. The number of carboxylic acids is 1. The van der Waals surface area contributed by atoms with Crippen molar-refractivity contribution < 1.29 is 24.3 Å². The van der Waals surface area contributed by atoms with Crippen molar-refractivity contribution in [2.75, 3.05) is 20.3 Å². The summed E-state index contributed by atoms with van der Waals surface area (Å²) in [6.07, 6.45) is 2.29. The summed E-state index contributed by atoms with van der Waals surface area (Å²) in [5, 5.41) is 14.9. The normalized spacial score (nSPS) is 23.4. The van der Waals surface area contributed by atoms with E-state index < -0.39 is 12.1 Å². The van der Waals surface area contributed by atoms with Crippen LogP contribution in [0.4, 0.5) is 0 Å². The standard InChI is InChI=1S/C12H18N2O5/c1-18-5-4-12(2-3-12)7-13-10(15)9-6-8(11(16)17)14-19-9/h9H,2-7H2,1H3,(H,13,15)(H,16,17). The Bertz CT molecular complexity index is 403. The lowest BCUT2D eigenvalue weighted by molar-refractivity contribution is -0.131. The molecule has 1 amide bonds. The van der Waals surface area contributed by atoms with Crippen LogP contribution in [0.3, 0.4) is 0 Å². The Morgan fingerprint density at radius 2 is 2.32 bits per heavy atom. The number of ether oxygens (including phenoxy) is 1. The Hall–Kier alpha value is -1.63. The molecule has 1 heterocycles. The molecule has 1 atom stereocenters. The fourth-order valence-electron chi connectivity index (χ4n) is 2.04. The Kier molecular flexibility index (Phi) is 4.04. The average Bonchev–Trinajstić information content (AvgIpc) is 2.97. The van der Waals surface area contributed by atoms with Crippen LogP contribution in [0.2, 0.25) is 0 Å². The van der Waals surface area contributed by atoms with Gasteiger partial charge in [0, 0.05) is 26.7 Å². The molecule has 0 radical (unpaired) electrons. The monoisotopic (exact) mass is 270 g/mol. The van der Waals surface area contributed by atoms with Gasteiger partial charge in [-0.15, -0.1) is 0 Å². The highest BCUT2D eigenvalue weighted by molar-refractivity contribution is 6.36. The first-order valence-corrected chi connectivity index (χ1v) is 6.29. The molecule has 1 saturated carbocycles. The van der Waals surface area contributed by atoms with E-state index in [-0.39, 0.29) is 23.5 Å². The fraction of sp³-hybridized carbons (Fsp3) is 0.750. The first-order chi connectivity index (χ1) is 9.06. The number of hydrogen-bond donors (Lipinski definition) is 2. The summed E-state index contributed by atoms with van der Waals surface area (Å²) in [4.78, 5) is 27.3. The summed E-state index contributed by atoms with van der Waals surface area (Å²) >= 11 is 0. The Balaban J connectivity index is 1.73. The van der Waals surface area contributed by atoms with Gasteiger partial charge in [-0.05, 0) is 24.7 Å². The molecule has 106 valence electrons. The van der Waals surface area contributed by atoms with Gasteiger partial charge in [0.05, 0.1) is 0 Å². The summed E-state index contributed by atoms with van der Waals surface area (Å²) in [6.45, 7) is 1.26. The van der Waals surface area contributed by atoms with Crippen molar-refractivity contribution in [2.24, 2.45) is 10.6 Å². The maximum absolute atomic E-state index is 11.8. The Morgan fingerprint density at radius 1 is 1.58 bits per heavy atom. The van der Waals surface area contributed by atoms with Gasteiger partial charge in [0.1, 0.15) is 0 Å². The first-order valence-electron chi connectivity index (χ1n) is 6.29. The van der Waals surface area contributed by atoms with Crippen LogP contribution in [0.25, 0.3) is 0 Å². The van der Waals surface area contributed by atoms with E-state index in [9.17, 15) is 9.59 Å². The zero-order chi connectivity index (χ0) is 13.9. The number of nitrogens with zero attached hydrogens (tertiary/aromatic N) is 1. The van der Waals surface area contributed by atoms with E-state index in [1.54, 1.807) is 7.11 Å². The molecule has 0 saturated heterocycles. The van der Waals surface area contributed by atoms with E-state index in [4.69, 9.17) is 14.7 Å². The number of carboxylic acid groups (broad SMARTS) is 1. The minimum atomic E-state index is -1.14. The number of nitrogens with one attached hydrogen (secondary N) is 1. The molecule has 0 aromatic rings. The van der Waals surface area contributed by atoms with Gasteiger partial charge in [-0.3, -0.25) is 4.79 Å². The fourth-order valence-corrected chi connectivity index (χ4v) is 2.04. The van der Waals surface area contributed by atoms with E-state index in [0.717, 1.165) is 19.3 Å². The van der Waals surface area contributed by atoms with Crippen molar-refractivity contribution in [2.45, 2.75) is 31.8 Å². The molecular weight excluding hydrogens is 252 g/mol. The molecule has 2 N–H and O–H groups in total. The SMILES string of the molecule is COCCC1(CNC(=O)C2CC(C(=O)O)=NO2)CC1. The third-order valence-corrected chi connectivity index (χ3v) is 3.64. The molecule has 2 aliphatic rings. The van der Waals surface area contributed by atoms with Gasteiger partial charge in [0.15, 0.2) is 5.71 Å². The largest absolute Gasteiger partial charge is 0.477 e. The molecule has 19 heavy (non-hydrogen) atoms. The average molecular weight is 270 g/mol. The molecule has 1 aliphatic heterocycles. The molecule has 7 heteroatoms. The molecule has 7 nitrogen and oxygen atoms in total. The predicted octanol–water partition coefficient (Wildman–Crippen LogP) is 0.149. The van der Waals surface area contributed by atoms with Crippen LogP contribution in [0, 0.1) is 5.41 Å². The van der Waals surface area contributed by atoms with Gasteiger partial charge < -0.3 is 20.0 Å². The third kappa shape index (κ3) is 3.44. The number of aliphatic carboxylic acids is 1. The van der Waals surface area contributed by atoms with Crippen LogP contribution in [-0.2, 0) is 19.2 Å². The molecule has 0 bridgehead atoms. The number of rotatable bonds is 7. The van der Waals surface area contributed by atoms with E-state index >= 15 is 0 Å². The van der Waals surface area contributed by atoms with Crippen molar-refractivity contribution in [3.63, 3.8) is 0 Å². The van der Waals surface area contributed by atoms with Gasteiger partial charge in [0.2, 0.25) is 6.10 Å². The molecular formula is C12H18N2O5. The summed E-state index contributed by atoms with van der Waals surface area (Å²) in [5.41, 5.74) is 0.0430. The summed E-state index contributed by atoms with van der Waals surface area (Å²) < 4.78 is 5.04. The molecule has 2 rings (SSSR count). The van der Waals surface area contributed by atoms with Crippen molar-refractivity contribution in [1.29, 1.82) is 0 Å². The second kappa shape index (κ2) is 5.56. The molecule has 0 aromatic carbocycles. The highest BCUT2D eigenvalue weighted by Gasteiger charge is 2.43. The van der Waals surface area contributed by atoms with Crippen LogP contribution in [0.15, 0.2) is 5.16 Å². The zero-order valence-electron chi connectivity index (χ0n) is 10.8. The summed E-state index contributed by atoms with van der Waals surface area (Å²) in [6, 6.07) is 0. The van der Waals surface area contributed by atoms with Crippen molar-refractivity contribution >= 4 is 17.6 Å². The maximum atomic E-state index is 11.8. The number of methoxy groups -OCH3 is 1. The second-order valence-corrected chi connectivity index (χ2v) is 5.10. The van der Waals surface area contributed by atoms with E-state index in [0.29, 0.717) is 13.2 Å². The van der Waals surface area contributed by atoms with Crippen molar-refractivity contribution in [1.82, 2.24) is 5.32 Å². The Morgan fingerprint density at radius 3 is 2.84 bits per heavy atom. The number of hydrogen-bond acceptors (Lipinski definition) is 5. The maximum Gasteiger partial charge on any atom is 0.353 e. The topological polar surface area (TPSA) is 97.2 Å². The van der Waals surface area contributed by atoms with Gasteiger partial charge in [-0.2, -0.15) is 0 Å². The van der Waals surface area contributed by atoms with Crippen LogP contribution in [0.5, 0.6) is 0 Å². The lowest BCUT2D eigenvalue weighted by Crippen LogP contribution is -2.38. The number of oxime groups is 1. The molecule has 0 spiro atoms. The number of carbonyl (C=O) groups is 2. The number of amides is 1. The van der Waals surface area contributed by atoms with Crippen LogP contribution < -0.4 is 5.32 Å². The predicted molar refractivity (Wildman–Crippen MR) is 65.7 cm³/mol. The molecule has 1 fully saturated rings. The van der Waals surface area contributed by atoms with Crippen LogP contribution in [0.1, 0.15) is 25.7 Å². The van der Waals surface area contributed by atoms with Crippen LogP contribution in [-0.4, -0.2) is 49.1 Å². The second-order valence-electron chi connectivity index (χ2n) is 5.10. The lowest BCUT2D eigenvalue weighted by Gasteiger charge is -2.16. The minimum absolute atomic E-state index is 0.0201. The number of carbonyl (C=O) groups excluding carboxylic acids is 1. The van der Waals surface area contributed by atoms with Gasteiger partial charge in [-0.25, -0.2) is 4.79 Å². The highest BCUT2D eigenvalue weighted by Crippen LogP contribution is 2.48. The molecule has 0 aromatic heterocycles. The molecule has 1 aliphatic carbocycles. The lowest BCUT2D eigenvalue weighted by atomic mass is 10.0. The van der Waals surface area contributed by atoms with Gasteiger partial charge in [-0.1, -0.05) is 5.16 Å². The minimum Gasteiger partial charge on any atom is -0.477 e. The summed E-state index contributed by atoms with van der Waals surface area (Å²) in [5.74, 6) is -1.45. The highest BCUT2D eigenvalue weighted by atomic mass is 16.6. The smallest absolute Gasteiger partial charge is 0.353 e. The first kappa shape index (κ1) is 13.8. The van der Waals surface area contributed by atoms with Crippen LogP contribution >= 0.6 is 0 Å².